The quantitative estimate of drug-likeness (QED) is 0.0861. The van der Waals surface area contributed by atoms with Gasteiger partial charge in [-0.15, -0.1) is 0 Å². The zero-order valence-electron chi connectivity index (χ0n) is 27.4. The van der Waals surface area contributed by atoms with Crippen LogP contribution in [0.25, 0.3) is 0 Å². The Morgan fingerprint density at radius 2 is 0.980 bits per heavy atom. The van der Waals surface area contributed by atoms with Crippen LogP contribution >= 0.6 is 0 Å². The van der Waals surface area contributed by atoms with Crippen molar-refractivity contribution in [3.63, 3.8) is 0 Å². The molecule has 0 aliphatic carbocycles. The molecular weight excluding hydrogens is 642 g/mol. The van der Waals surface area contributed by atoms with E-state index < -0.39 is 11.9 Å². The number of ether oxygens (including phenoxy) is 4. The van der Waals surface area contributed by atoms with Crippen LogP contribution < -0.4 is 14.8 Å². The number of nitrogens with one attached hydrogen (secondary N) is 1. The Morgan fingerprint density at radius 3 is 1.36 bits per heavy atom. The summed E-state index contributed by atoms with van der Waals surface area (Å²) in [6, 6.07) is 25.8. The molecule has 11 nitrogen and oxygen atoms in total. The van der Waals surface area contributed by atoms with Crippen LogP contribution in [0.3, 0.4) is 0 Å². The number of aromatic hydroxyl groups is 2. The van der Waals surface area contributed by atoms with E-state index >= 15 is 0 Å². The molecule has 4 aromatic rings. The Morgan fingerprint density at radius 1 is 0.580 bits per heavy atom. The molecule has 0 saturated heterocycles. The van der Waals surface area contributed by atoms with Gasteiger partial charge >= 0.3 is 11.9 Å². The molecule has 0 spiro atoms. The maximum absolute atomic E-state index is 12.9. The lowest BCUT2D eigenvalue weighted by Crippen LogP contribution is -2.27. The molecule has 0 fully saturated rings. The molecule has 0 aromatic heterocycles. The average molecular weight is 678 g/mol. The van der Waals surface area contributed by atoms with Crippen LogP contribution in [0.15, 0.2) is 120 Å². The molecule has 256 valence electrons. The highest BCUT2D eigenvalue weighted by Crippen LogP contribution is 2.28. The summed E-state index contributed by atoms with van der Waals surface area (Å²) in [5.74, 6) is -1.82. The van der Waals surface area contributed by atoms with Gasteiger partial charge in [0.15, 0.2) is 11.6 Å². The van der Waals surface area contributed by atoms with Gasteiger partial charge in [-0.2, -0.15) is 0 Å². The Hall–Kier alpha value is -6.36. The molecule has 0 atom stereocenters. The fourth-order valence-electron chi connectivity index (χ4n) is 5.16. The maximum Gasteiger partial charge on any atom is 0.336 e. The van der Waals surface area contributed by atoms with Gasteiger partial charge in [0.05, 0.1) is 22.3 Å². The largest absolute Gasteiger partial charge is 0.507 e. The minimum atomic E-state index is -0.639. The molecule has 4 aromatic carbocycles. The number of carbonyl (C=O) groups is 4. The summed E-state index contributed by atoms with van der Waals surface area (Å²) in [5, 5.41) is 23.8. The molecular formula is C39H35NO10. The lowest BCUT2D eigenvalue weighted by Gasteiger charge is -2.22. The Balaban J connectivity index is 1.06. The molecule has 11 heteroatoms. The van der Waals surface area contributed by atoms with Crippen LogP contribution in [0.4, 0.5) is 0 Å². The Kier molecular flexibility index (Phi) is 11.3. The average Bonchev–Trinajstić information content (AvgIpc) is 3.12. The number of hydrogen-bond donors (Lipinski definition) is 3. The molecule has 1 aliphatic heterocycles. The maximum atomic E-state index is 12.9. The van der Waals surface area contributed by atoms with E-state index in [2.05, 4.69) is 5.32 Å². The van der Waals surface area contributed by atoms with E-state index in [9.17, 15) is 29.4 Å². The highest BCUT2D eigenvalue weighted by Gasteiger charge is 2.27. The molecule has 5 rings (SSSR count). The molecule has 0 radical (unpaired) electrons. The smallest absolute Gasteiger partial charge is 0.336 e. The predicted molar refractivity (Wildman–Crippen MR) is 182 cm³/mol. The molecule has 0 amide bonds. The zero-order valence-corrected chi connectivity index (χ0v) is 27.4. The van der Waals surface area contributed by atoms with Gasteiger partial charge in [0.1, 0.15) is 49.4 Å². The highest BCUT2D eigenvalue weighted by atomic mass is 16.6. The number of phenolic OH excluding ortho intramolecular Hbond substituents is 2. The lowest BCUT2D eigenvalue weighted by molar-refractivity contribution is -0.140. The van der Waals surface area contributed by atoms with E-state index in [1.165, 1.54) is 24.3 Å². The van der Waals surface area contributed by atoms with Crippen molar-refractivity contribution in [2.24, 2.45) is 0 Å². The van der Waals surface area contributed by atoms with Crippen molar-refractivity contribution < 1.29 is 48.3 Å². The van der Waals surface area contributed by atoms with Crippen molar-refractivity contribution in [2.75, 3.05) is 26.4 Å². The molecule has 0 bridgehead atoms. The minimum Gasteiger partial charge on any atom is -0.507 e. The number of benzene rings is 4. The monoisotopic (exact) mass is 677 g/mol. The van der Waals surface area contributed by atoms with Gasteiger partial charge in [-0.3, -0.25) is 9.59 Å². The summed E-state index contributed by atoms with van der Waals surface area (Å²) in [4.78, 5) is 51.1. The number of hydrogen-bond acceptors (Lipinski definition) is 11. The van der Waals surface area contributed by atoms with Crippen LogP contribution in [0.2, 0.25) is 0 Å². The van der Waals surface area contributed by atoms with Crippen LogP contribution in [-0.4, -0.2) is 60.1 Å². The fourth-order valence-corrected chi connectivity index (χ4v) is 5.16. The number of phenols is 2. The van der Waals surface area contributed by atoms with Crippen molar-refractivity contribution >= 4 is 23.5 Å². The van der Waals surface area contributed by atoms with Gasteiger partial charge in [0.2, 0.25) is 0 Å². The topological polar surface area (TPSA) is 158 Å². The van der Waals surface area contributed by atoms with Crippen LogP contribution in [0.5, 0.6) is 23.0 Å². The third kappa shape index (κ3) is 8.56. The second-order valence-corrected chi connectivity index (χ2v) is 11.2. The first-order valence-corrected chi connectivity index (χ1v) is 15.7. The fraction of sp³-hybridized carbons (Fsp3) is 0.179. The first kappa shape index (κ1) is 35.0. The standard InChI is InChI=1S/C39H35NO10/c1-24-32(38(45)49-19-17-47-28-13-15-30(34(41)21-28)36(43)26-9-5-3-6-10-26)23-33(25(2)40-24)39(46)50-20-18-48-29-14-16-31(35(42)22-29)37(44)27-11-7-4-8-12-27/h3-16,21-22,40-42H,17-20,23H2,1-2H3. The summed E-state index contributed by atoms with van der Waals surface area (Å²) in [6.45, 7) is 3.12. The third-order valence-electron chi connectivity index (χ3n) is 7.80. The van der Waals surface area contributed by atoms with Gasteiger partial charge in [-0.05, 0) is 38.1 Å². The van der Waals surface area contributed by atoms with Gasteiger partial charge in [-0.25, -0.2) is 9.59 Å². The van der Waals surface area contributed by atoms with E-state index in [4.69, 9.17) is 18.9 Å². The van der Waals surface area contributed by atoms with Gasteiger partial charge < -0.3 is 34.5 Å². The van der Waals surface area contributed by atoms with Crippen molar-refractivity contribution in [2.45, 2.75) is 20.3 Å². The predicted octanol–water partition coefficient (Wildman–Crippen LogP) is 5.65. The molecule has 1 aliphatic rings. The highest BCUT2D eigenvalue weighted by molar-refractivity contribution is 6.11. The molecule has 0 saturated carbocycles. The number of allylic oxidation sites excluding steroid dienone is 2. The van der Waals surface area contributed by atoms with E-state index in [1.807, 2.05) is 0 Å². The number of carbonyl (C=O) groups excluding carboxylic acids is 4. The minimum absolute atomic E-state index is 0.0143. The lowest BCUT2D eigenvalue weighted by atomic mass is 9.98. The summed E-state index contributed by atoms with van der Waals surface area (Å²) in [5.41, 5.74) is 2.73. The molecule has 50 heavy (non-hydrogen) atoms. The van der Waals surface area contributed by atoms with Crippen LogP contribution in [0.1, 0.15) is 52.1 Å². The summed E-state index contributed by atoms with van der Waals surface area (Å²) >= 11 is 0. The van der Waals surface area contributed by atoms with E-state index in [-0.39, 0.29) is 89.7 Å². The number of esters is 2. The van der Waals surface area contributed by atoms with E-state index in [0.717, 1.165) is 0 Å². The second kappa shape index (κ2) is 16.2. The summed E-state index contributed by atoms with van der Waals surface area (Å²) in [7, 11) is 0. The van der Waals surface area contributed by atoms with Gasteiger partial charge in [-0.1, -0.05) is 60.7 Å². The third-order valence-corrected chi connectivity index (χ3v) is 7.80. The molecule has 3 N–H and O–H groups in total. The number of ketones is 2. The van der Waals surface area contributed by atoms with Crippen molar-refractivity contribution in [3.05, 3.63) is 142 Å². The van der Waals surface area contributed by atoms with Crippen molar-refractivity contribution in [1.82, 2.24) is 5.32 Å². The normalized spacial score (nSPS) is 12.5. The zero-order chi connectivity index (χ0) is 35.6. The van der Waals surface area contributed by atoms with Crippen molar-refractivity contribution in [3.8, 4) is 23.0 Å². The van der Waals surface area contributed by atoms with Gasteiger partial charge in [0.25, 0.3) is 0 Å². The van der Waals surface area contributed by atoms with Crippen LogP contribution in [0, 0.1) is 0 Å². The van der Waals surface area contributed by atoms with Gasteiger partial charge in [0, 0.05) is 41.1 Å². The molecule has 0 unspecified atom stereocenters. The molecule has 1 heterocycles. The van der Waals surface area contributed by atoms with E-state index in [1.54, 1.807) is 86.6 Å². The van der Waals surface area contributed by atoms with Crippen molar-refractivity contribution in [1.29, 1.82) is 0 Å². The number of rotatable bonds is 14. The summed E-state index contributed by atoms with van der Waals surface area (Å²) in [6.07, 6.45) is -0.0143. The Bertz CT molecular complexity index is 1820. The SMILES string of the molecule is CC1=C(C(=O)OCCOc2ccc(C(=O)c3ccccc3)c(O)c2)CC(C(=O)OCCOc2ccc(C(=O)c3ccccc3)c(O)c2)=C(C)N1. The first-order valence-electron chi connectivity index (χ1n) is 15.7. The second-order valence-electron chi connectivity index (χ2n) is 11.2. The van der Waals surface area contributed by atoms with Crippen LogP contribution in [-0.2, 0) is 19.1 Å². The Labute approximate surface area is 288 Å². The van der Waals surface area contributed by atoms with E-state index in [0.29, 0.717) is 22.5 Å². The summed E-state index contributed by atoms with van der Waals surface area (Å²) < 4.78 is 21.9. The number of dihydropyridines is 1. The first-order chi connectivity index (χ1) is 24.1.